The van der Waals surface area contributed by atoms with Crippen molar-refractivity contribution in [3.05, 3.63) is 0 Å². The molecule has 0 aromatic heterocycles. The highest BCUT2D eigenvalue weighted by atomic mass is 35.5. The van der Waals surface area contributed by atoms with E-state index < -0.39 is 9.84 Å². The molecule has 1 rings (SSSR count). The van der Waals surface area contributed by atoms with Crippen LogP contribution in [0.3, 0.4) is 0 Å². The van der Waals surface area contributed by atoms with Crippen molar-refractivity contribution < 1.29 is 8.42 Å². The molecule has 0 aromatic carbocycles. The largest absolute Gasteiger partial charge is 0.309 e. The maximum absolute atomic E-state index is 11.6. The number of nitrogens with one attached hydrogen (secondary N) is 1. The highest BCUT2D eigenvalue weighted by molar-refractivity contribution is 7.91. The van der Waals surface area contributed by atoms with Crippen molar-refractivity contribution in [3.63, 3.8) is 0 Å². The Morgan fingerprint density at radius 3 is 2.35 bits per heavy atom. The first-order chi connectivity index (χ1) is 8.04. The molecule has 1 aliphatic rings. The second-order valence-electron chi connectivity index (χ2n) is 5.05. The SMILES string of the molecule is CCCS(=O)(=O)CCNC1(CCl)CCCCC1. The molecule has 1 N–H and O–H groups in total. The van der Waals surface area contributed by atoms with Crippen LogP contribution in [0, 0.1) is 0 Å². The summed E-state index contributed by atoms with van der Waals surface area (Å²) < 4.78 is 23.2. The highest BCUT2D eigenvalue weighted by Gasteiger charge is 2.30. The fourth-order valence-corrected chi connectivity index (χ4v) is 4.07. The van der Waals surface area contributed by atoms with Gasteiger partial charge in [0.15, 0.2) is 9.84 Å². The van der Waals surface area contributed by atoms with Crippen LogP contribution in [0.25, 0.3) is 0 Å². The minimum absolute atomic E-state index is 0.0124. The highest BCUT2D eigenvalue weighted by Crippen LogP contribution is 2.29. The van der Waals surface area contributed by atoms with Crippen molar-refractivity contribution in [3.8, 4) is 0 Å². The lowest BCUT2D eigenvalue weighted by Crippen LogP contribution is -2.50. The van der Waals surface area contributed by atoms with E-state index >= 15 is 0 Å². The molecule has 0 aromatic rings. The topological polar surface area (TPSA) is 46.2 Å². The monoisotopic (exact) mass is 281 g/mol. The fraction of sp³-hybridized carbons (Fsp3) is 1.00. The molecule has 0 aliphatic heterocycles. The molecule has 0 amide bonds. The van der Waals surface area contributed by atoms with E-state index in [2.05, 4.69) is 5.32 Å². The first kappa shape index (κ1) is 15.3. The molecule has 0 saturated heterocycles. The van der Waals surface area contributed by atoms with Crippen molar-refractivity contribution in [2.75, 3.05) is 23.9 Å². The number of sulfone groups is 1. The van der Waals surface area contributed by atoms with Crippen LogP contribution in [0.4, 0.5) is 0 Å². The smallest absolute Gasteiger partial charge is 0.151 e. The van der Waals surface area contributed by atoms with Crippen molar-refractivity contribution >= 4 is 21.4 Å². The summed E-state index contributed by atoms with van der Waals surface area (Å²) in [5, 5.41) is 3.39. The molecule has 0 radical (unpaired) electrons. The van der Waals surface area contributed by atoms with Gasteiger partial charge >= 0.3 is 0 Å². The molecule has 0 bridgehead atoms. The second-order valence-corrected chi connectivity index (χ2v) is 7.62. The summed E-state index contributed by atoms with van der Waals surface area (Å²) in [4.78, 5) is 0. The van der Waals surface area contributed by atoms with Crippen LogP contribution in [0.5, 0.6) is 0 Å². The second kappa shape index (κ2) is 6.95. The summed E-state index contributed by atoms with van der Waals surface area (Å²) in [7, 11) is -2.87. The van der Waals surface area contributed by atoms with Crippen molar-refractivity contribution in [1.29, 1.82) is 0 Å². The number of hydrogen-bond acceptors (Lipinski definition) is 3. The number of rotatable bonds is 7. The molecule has 1 saturated carbocycles. The van der Waals surface area contributed by atoms with Crippen LogP contribution in [0.1, 0.15) is 45.4 Å². The minimum Gasteiger partial charge on any atom is -0.309 e. The van der Waals surface area contributed by atoms with Gasteiger partial charge in [0.05, 0.1) is 5.75 Å². The van der Waals surface area contributed by atoms with Crippen molar-refractivity contribution in [1.82, 2.24) is 5.32 Å². The Labute approximate surface area is 110 Å². The Bertz CT molecular complexity index is 310. The Hall–Kier alpha value is 0.200. The molecule has 102 valence electrons. The molecule has 5 heteroatoms. The predicted molar refractivity (Wildman–Crippen MR) is 73.5 cm³/mol. The molecule has 17 heavy (non-hydrogen) atoms. The van der Waals surface area contributed by atoms with Gasteiger partial charge in [0.1, 0.15) is 0 Å². The van der Waals surface area contributed by atoms with Gasteiger partial charge in [-0.15, -0.1) is 11.6 Å². The maximum Gasteiger partial charge on any atom is 0.151 e. The van der Waals surface area contributed by atoms with Crippen LogP contribution in [0.15, 0.2) is 0 Å². The fourth-order valence-electron chi connectivity index (χ4n) is 2.47. The van der Waals surface area contributed by atoms with Gasteiger partial charge in [-0.2, -0.15) is 0 Å². The molecule has 0 spiro atoms. The van der Waals surface area contributed by atoms with Gasteiger partial charge < -0.3 is 5.32 Å². The normalized spacial score (nSPS) is 20.4. The standard InChI is InChI=1S/C12H24ClNO2S/c1-2-9-17(15,16)10-8-14-12(11-13)6-4-3-5-7-12/h14H,2-11H2,1H3. The lowest BCUT2D eigenvalue weighted by atomic mass is 9.83. The summed E-state index contributed by atoms with van der Waals surface area (Å²) in [6.07, 6.45) is 6.51. The third-order valence-corrected chi connectivity index (χ3v) is 5.86. The Balaban J connectivity index is 2.38. The zero-order chi connectivity index (χ0) is 12.8. The number of halogens is 1. The van der Waals surface area contributed by atoms with Gasteiger partial charge in [-0.1, -0.05) is 26.2 Å². The van der Waals surface area contributed by atoms with E-state index in [4.69, 9.17) is 11.6 Å². The number of alkyl halides is 1. The number of hydrogen-bond donors (Lipinski definition) is 1. The minimum atomic E-state index is -2.87. The third kappa shape index (κ3) is 5.14. The first-order valence-corrected chi connectivity index (χ1v) is 8.91. The van der Waals surface area contributed by atoms with E-state index in [1.54, 1.807) is 0 Å². The molecule has 1 aliphatic carbocycles. The van der Waals surface area contributed by atoms with E-state index in [-0.39, 0.29) is 11.3 Å². The van der Waals surface area contributed by atoms with E-state index in [0.717, 1.165) is 12.8 Å². The van der Waals surface area contributed by atoms with Gasteiger partial charge in [-0.25, -0.2) is 8.42 Å². The van der Waals surface area contributed by atoms with Gasteiger partial charge in [0, 0.05) is 23.7 Å². The summed E-state index contributed by atoms with van der Waals surface area (Å²) in [6.45, 7) is 2.43. The molecular weight excluding hydrogens is 258 g/mol. The summed E-state index contributed by atoms with van der Waals surface area (Å²) in [5.74, 6) is 1.11. The average molecular weight is 282 g/mol. The predicted octanol–water partition coefficient (Wildman–Crippen LogP) is 2.34. The first-order valence-electron chi connectivity index (χ1n) is 6.55. The molecule has 1 fully saturated rings. The maximum atomic E-state index is 11.6. The zero-order valence-corrected chi connectivity index (χ0v) is 12.2. The van der Waals surface area contributed by atoms with Crippen LogP contribution >= 0.6 is 11.6 Å². The molecule has 3 nitrogen and oxygen atoms in total. The molecular formula is C12H24ClNO2S. The van der Waals surface area contributed by atoms with Crippen molar-refractivity contribution in [2.24, 2.45) is 0 Å². The van der Waals surface area contributed by atoms with E-state index in [0.29, 0.717) is 24.6 Å². The van der Waals surface area contributed by atoms with E-state index in [1.807, 2.05) is 6.92 Å². The van der Waals surface area contributed by atoms with Crippen LogP contribution < -0.4 is 5.32 Å². The third-order valence-electron chi connectivity index (χ3n) is 3.49. The Kier molecular flexibility index (Phi) is 6.24. The van der Waals surface area contributed by atoms with Crippen LogP contribution in [-0.4, -0.2) is 37.9 Å². The lowest BCUT2D eigenvalue weighted by molar-refractivity contribution is 0.264. The lowest BCUT2D eigenvalue weighted by Gasteiger charge is -2.36. The summed E-state index contributed by atoms with van der Waals surface area (Å²) in [5.41, 5.74) is -0.0124. The molecule has 0 atom stereocenters. The summed E-state index contributed by atoms with van der Waals surface area (Å²) >= 11 is 6.04. The zero-order valence-electron chi connectivity index (χ0n) is 10.7. The summed E-state index contributed by atoms with van der Waals surface area (Å²) in [6, 6.07) is 0. The van der Waals surface area contributed by atoms with Gasteiger partial charge in [0.25, 0.3) is 0 Å². The average Bonchev–Trinajstić information content (AvgIpc) is 2.30. The van der Waals surface area contributed by atoms with E-state index in [1.165, 1.54) is 19.3 Å². The van der Waals surface area contributed by atoms with Gasteiger partial charge in [-0.05, 0) is 19.3 Å². The van der Waals surface area contributed by atoms with E-state index in [9.17, 15) is 8.42 Å². The Morgan fingerprint density at radius 1 is 1.18 bits per heavy atom. The molecule has 0 heterocycles. The van der Waals surface area contributed by atoms with Gasteiger partial charge in [0.2, 0.25) is 0 Å². The van der Waals surface area contributed by atoms with Crippen molar-refractivity contribution in [2.45, 2.75) is 51.0 Å². The quantitative estimate of drug-likeness (QED) is 0.729. The van der Waals surface area contributed by atoms with Crippen LogP contribution in [-0.2, 0) is 9.84 Å². The Morgan fingerprint density at radius 2 is 1.82 bits per heavy atom. The van der Waals surface area contributed by atoms with Gasteiger partial charge in [-0.3, -0.25) is 0 Å². The van der Waals surface area contributed by atoms with Crippen LogP contribution in [0.2, 0.25) is 0 Å². The molecule has 0 unspecified atom stereocenters.